The summed E-state index contributed by atoms with van der Waals surface area (Å²) >= 11 is 6.37. The van der Waals surface area contributed by atoms with Crippen LogP contribution in [0.2, 0.25) is 5.02 Å². The van der Waals surface area contributed by atoms with Gasteiger partial charge in [0.25, 0.3) is 0 Å². The van der Waals surface area contributed by atoms with E-state index in [-0.39, 0.29) is 5.92 Å². The van der Waals surface area contributed by atoms with Gasteiger partial charge in [-0.1, -0.05) is 57.5 Å². The van der Waals surface area contributed by atoms with Crippen LogP contribution in [-0.4, -0.2) is 24.5 Å². The topological polar surface area (TPSA) is 27.0 Å². The molecule has 1 rings (SSSR count). The van der Waals surface area contributed by atoms with Crippen LogP contribution in [0.15, 0.2) is 24.3 Å². The number of rotatable bonds is 8. The van der Waals surface area contributed by atoms with E-state index < -0.39 is 5.41 Å². The zero-order chi connectivity index (χ0) is 15.9. The Morgan fingerprint density at radius 1 is 1.24 bits per heavy atom. The molecule has 1 aromatic carbocycles. The van der Waals surface area contributed by atoms with Crippen molar-refractivity contribution in [3.8, 4) is 6.07 Å². The average molecular weight is 307 g/mol. The first-order valence-corrected chi connectivity index (χ1v) is 8.28. The molecule has 0 bridgehead atoms. The predicted molar refractivity (Wildman–Crippen MR) is 90.6 cm³/mol. The van der Waals surface area contributed by atoms with Gasteiger partial charge in [0.1, 0.15) is 0 Å². The molecule has 3 heteroatoms. The van der Waals surface area contributed by atoms with Gasteiger partial charge in [-0.15, -0.1) is 0 Å². The van der Waals surface area contributed by atoms with Crippen molar-refractivity contribution < 1.29 is 0 Å². The summed E-state index contributed by atoms with van der Waals surface area (Å²) in [5, 5.41) is 10.6. The predicted octanol–water partition coefficient (Wildman–Crippen LogP) is 4.88. The van der Waals surface area contributed by atoms with Crippen molar-refractivity contribution in [2.75, 3.05) is 19.6 Å². The molecule has 0 fully saturated rings. The Kier molecular flexibility index (Phi) is 7.22. The summed E-state index contributed by atoms with van der Waals surface area (Å²) in [5.41, 5.74) is 0.481. The highest BCUT2D eigenvalue weighted by Gasteiger charge is 2.37. The molecule has 0 radical (unpaired) electrons. The van der Waals surface area contributed by atoms with Gasteiger partial charge < -0.3 is 4.90 Å². The lowest BCUT2D eigenvalue weighted by Gasteiger charge is -2.33. The largest absolute Gasteiger partial charge is 0.304 e. The van der Waals surface area contributed by atoms with Crippen molar-refractivity contribution in [2.24, 2.45) is 5.92 Å². The molecule has 0 aromatic heterocycles. The third-order valence-corrected chi connectivity index (χ3v) is 4.81. The molecule has 0 saturated heterocycles. The lowest BCUT2D eigenvalue weighted by molar-refractivity contribution is 0.272. The summed E-state index contributed by atoms with van der Waals surface area (Å²) in [7, 11) is 0. The van der Waals surface area contributed by atoms with Crippen LogP contribution >= 0.6 is 11.6 Å². The van der Waals surface area contributed by atoms with E-state index in [1.807, 2.05) is 24.3 Å². The minimum Gasteiger partial charge on any atom is -0.304 e. The Hall–Kier alpha value is -1.04. The third kappa shape index (κ3) is 4.22. The van der Waals surface area contributed by atoms with Gasteiger partial charge >= 0.3 is 0 Å². The molecular weight excluding hydrogens is 280 g/mol. The number of hydrogen-bond acceptors (Lipinski definition) is 2. The molecule has 0 aliphatic carbocycles. The summed E-state index contributed by atoms with van der Waals surface area (Å²) in [5.74, 6) is 0.235. The summed E-state index contributed by atoms with van der Waals surface area (Å²) in [6, 6.07) is 10.4. The second-order valence-electron chi connectivity index (χ2n) is 5.85. The minimum atomic E-state index is -0.495. The van der Waals surface area contributed by atoms with Crippen LogP contribution in [0, 0.1) is 17.2 Å². The maximum absolute atomic E-state index is 9.88. The molecule has 0 saturated carbocycles. The molecule has 21 heavy (non-hydrogen) atoms. The monoisotopic (exact) mass is 306 g/mol. The van der Waals surface area contributed by atoms with Crippen molar-refractivity contribution in [3.63, 3.8) is 0 Å². The fraction of sp³-hybridized carbons (Fsp3) is 0.611. The van der Waals surface area contributed by atoms with Gasteiger partial charge in [0, 0.05) is 5.02 Å². The SMILES string of the molecule is CCN(CC)CCC[C@@](C#N)(c1ccccc1Cl)C(C)C. The smallest absolute Gasteiger partial charge is 0.0859 e. The van der Waals surface area contributed by atoms with E-state index >= 15 is 0 Å². The van der Waals surface area contributed by atoms with Crippen molar-refractivity contribution in [3.05, 3.63) is 34.9 Å². The van der Waals surface area contributed by atoms with E-state index in [2.05, 4.69) is 38.7 Å². The fourth-order valence-corrected chi connectivity index (χ4v) is 3.23. The molecule has 1 atom stereocenters. The van der Waals surface area contributed by atoms with Crippen LogP contribution in [0.4, 0.5) is 0 Å². The van der Waals surface area contributed by atoms with E-state index in [0.29, 0.717) is 5.02 Å². The maximum Gasteiger partial charge on any atom is 0.0859 e. The Labute approximate surface area is 134 Å². The zero-order valence-corrected chi connectivity index (χ0v) is 14.5. The molecule has 1 aromatic rings. The number of hydrogen-bond donors (Lipinski definition) is 0. The Morgan fingerprint density at radius 3 is 2.33 bits per heavy atom. The van der Waals surface area contributed by atoms with Gasteiger partial charge in [0.15, 0.2) is 0 Å². The van der Waals surface area contributed by atoms with Gasteiger partial charge in [0.2, 0.25) is 0 Å². The van der Waals surface area contributed by atoms with Crippen LogP contribution in [0.1, 0.15) is 46.1 Å². The van der Waals surface area contributed by atoms with E-state index in [4.69, 9.17) is 11.6 Å². The molecule has 0 amide bonds. The molecule has 0 unspecified atom stereocenters. The molecule has 116 valence electrons. The maximum atomic E-state index is 9.88. The fourth-order valence-electron chi connectivity index (χ4n) is 2.92. The standard InChI is InChI=1S/C18H27ClN2/c1-5-21(6-2)13-9-12-18(14-20,15(3)4)16-10-7-8-11-17(16)19/h7-8,10-11,15H,5-6,9,12-13H2,1-4H3/t18-/m0/s1. The van der Waals surface area contributed by atoms with Crippen LogP contribution in [0.3, 0.4) is 0 Å². The Balaban J connectivity index is 2.96. The highest BCUT2D eigenvalue weighted by Crippen LogP contribution is 2.39. The van der Waals surface area contributed by atoms with Crippen LogP contribution in [-0.2, 0) is 5.41 Å². The summed E-state index contributed by atoms with van der Waals surface area (Å²) in [6.07, 6.45) is 1.86. The van der Waals surface area contributed by atoms with Gasteiger partial charge in [-0.25, -0.2) is 0 Å². The zero-order valence-electron chi connectivity index (χ0n) is 13.7. The van der Waals surface area contributed by atoms with Crippen LogP contribution < -0.4 is 0 Å². The van der Waals surface area contributed by atoms with E-state index in [9.17, 15) is 5.26 Å². The van der Waals surface area contributed by atoms with Gasteiger partial charge in [-0.3, -0.25) is 0 Å². The first-order valence-electron chi connectivity index (χ1n) is 7.90. The highest BCUT2D eigenvalue weighted by molar-refractivity contribution is 6.31. The number of nitrogens with zero attached hydrogens (tertiary/aromatic N) is 2. The molecule has 0 aliphatic rings. The van der Waals surface area contributed by atoms with E-state index in [1.165, 1.54) is 0 Å². The average Bonchev–Trinajstić information content (AvgIpc) is 2.49. The lowest BCUT2D eigenvalue weighted by atomic mass is 9.70. The number of nitriles is 1. The first-order chi connectivity index (χ1) is 10.0. The van der Waals surface area contributed by atoms with Gasteiger partial charge in [-0.2, -0.15) is 5.26 Å². The highest BCUT2D eigenvalue weighted by atomic mass is 35.5. The third-order valence-electron chi connectivity index (χ3n) is 4.48. The molecule has 2 nitrogen and oxygen atoms in total. The summed E-state index contributed by atoms with van der Waals surface area (Å²) < 4.78 is 0. The normalized spacial score (nSPS) is 14.2. The molecule has 0 heterocycles. The summed E-state index contributed by atoms with van der Waals surface area (Å²) in [6.45, 7) is 11.7. The quantitative estimate of drug-likeness (QED) is 0.684. The van der Waals surface area contributed by atoms with Crippen molar-refractivity contribution in [1.29, 1.82) is 5.26 Å². The second kappa shape index (κ2) is 8.41. The molecule has 0 aliphatic heterocycles. The number of benzene rings is 1. The number of halogens is 1. The minimum absolute atomic E-state index is 0.235. The first kappa shape index (κ1) is 18.0. The van der Waals surface area contributed by atoms with Crippen molar-refractivity contribution in [1.82, 2.24) is 4.90 Å². The van der Waals surface area contributed by atoms with E-state index in [1.54, 1.807) is 0 Å². The summed E-state index contributed by atoms with van der Waals surface area (Å²) in [4.78, 5) is 2.40. The van der Waals surface area contributed by atoms with Crippen LogP contribution in [0.5, 0.6) is 0 Å². The Morgan fingerprint density at radius 2 is 1.86 bits per heavy atom. The molecule has 0 N–H and O–H groups in total. The Bertz CT molecular complexity index is 474. The lowest BCUT2D eigenvalue weighted by Crippen LogP contribution is -2.33. The van der Waals surface area contributed by atoms with Gasteiger partial charge in [0.05, 0.1) is 11.5 Å². The van der Waals surface area contributed by atoms with Crippen LogP contribution in [0.25, 0.3) is 0 Å². The van der Waals surface area contributed by atoms with Crippen molar-refractivity contribution in [2.45, 2.75) is 46.0 Å². The molecular formula is C18H27ClN2. The van der Waals surface area contributed by atoms with Gasteiger partial charge in [-0.05, 0) is 50.0 Å². The van der Waals surface area contributed by atoms with Crippen molar-refractivity contribution >= 4 is 11.6 Å². The van der Waals surface area contributed by atoms with E-state index in [0.717, 1.165) is 38.0 Å². The molecule has 0 spiro atoms. The second-order valence-corrected chi connectivity index (χ2v) is 6.26.